The number of nitrogens with one attached hydrogen (secondary N) is 1. The third-order valence-electron chi connectivity index (χ3n) is 3.80. The molecule has 0 aromatic heterocycles. The maximum absolute atomic E-state index is 12.5. The van der Waals surface area contributed by atoms with Crippen LogP contribution < -0.4 is 10.2 Å². The third kappa shape index (κ3) is 5.10. The molecule has 0 fully saturated rings. The van der Waals surface area contributed by atoms with E-state index in [1.807, 2.05) is 48.5 Å². The molecule has 0 saturated carbocycles. The van der Waals surface area contributed by atoms with Crippen LogP contribution in [0.3, 0.4) is 0 Å². The van der Waals surface area contributed by atoms with Crippen LogP contribution in [0.5, 0.6) is 0 Å². The molecule has 1 N–H and O–H groups in total. The van der Waals surface area contributed by atoms with Gasteiger partial charge in [0.15, 0.2) is 0 Å². The van der Waals surface area contributed by atoms with Crippen molar-refractivity contribution in [3.8, 4) is 0 Å². The molecule has 3 aromatic carbocycles. The van der Waals surface area contributed by atoms with Gasteiger partial charge < -0.3 is 10.2 Å². The van der Waals surface area contributed by atoms with Crippen LogP contribution in [0.2, 0.25) is 5.02 Å². The lowest BCUT2D eigenvalue weighted by Gasteiger charge is -2.24. The third-order valence-corrected chi connectivity index (χ3v) is 4.05. The van der Waals surface area contributed by atoms with Crippen LogP contribution in [0.15, 0.2) is 84.9 Å². The molecule has 25 heavy (non-hydrogen) atoms. The standard InChI is InChI=1S/C21H19ClN2O/c22-18-11-13-19(14-12-18)23-21(25)16-24(20-9-5-2-6-10-20)15-17-7-3-1-4-8-17/h1-14H,15-16H2,(H,23,25). The van der Waals surface area contributed by atoms with Crippen molar-refractivity contribution in [2.24, 2.45) is 0 Å². The topological polar surface area (TPSA) is 32.3 Å². The first-order chi connectivity index (χ1) is 12.2. The maximum atomic E-state index is 12.5. The summed E-state index contributed by atoms with van der Waals surface area (Å²) >= 11 is 5.88. The van der Waals surface area contributed by atoms with Gasteiger partial charge in [0.05, 0.1) is 6.54 Å². The predicted molar refractivity (Wildman–Crippen MR) is 104 cm³/mol. The van der Waals surface area contributed by atoms with E-state index in [2.05, 4.69) is 22.3 Å². The molecule has 4 heteroatoms. The summed E-state index contributed by atoms with van der Waals surface area (Å²) in [6.45, 7) is 0.931. The lowest BCUT2D eigenvalue weighted by Crippen LogP contribution is -2.32. The number of benzene rings is 3. The zero-order valence-corrected chi connectivity index (χ0v) is 14.5. The monoisotopic (exact) mass is 350 g/mol. The van der Waals surface area contributed by atoms with E-state index in [1.54, 1.807) is 24.3 Å². The van der Waals surface area contributed by atoms with Crippen molar-refractivity contribution in [3.05, 3.63) is 95.5 Å². The molecule has 0 aliphatic carbocycles. The van der Waals surface area contributed by atoms with E-state index in [9.17, 15) is 4.79 Å². The van der Waals surface area contributed by atoms with Crippen LogP contribution in [-0.2, 0) is 11.3 Å². The Morgan fingerprint density at radius 1 is 0.840 bits per heavy atom. The van der Waals surface area contributed by atoms with Crippen molar-refractivity contribution in [1.29, 1.82) is 0 Å². The van der Waals surface area contributed by atoms with E-state index in [-0.39, 0.29) is 12.5 Å². The fraction of sp³-hybridized carbons (Fsp3) is 0.0952. The summed E-state index contributed by atoms with van der Waals surface area (Å²) in [4.78, 5) is 14.5. The van der Waals surface area contributed by atoms with E-state index < -0.39 is 0 Å². The lowest BCUT2D eigenvalue weighted by molar-refractivity contribution is -0.115. The minimum absolute atomic E-state index is 0.0675. The number of carbonyl (C=O) groups excluding carboxylic acids is 1. The largest absolute Gasteiger partial charge is 0.358 e. The number of para-hydroxylation sites is 1. The van der Waals surface area contributed by atoms with Gasteiger partial charge in [-0.25, -0.2) is 0 Å². The summed E-state index contributed by atoms with van der Waals surface area (Å²) in [6, 6.07) is 27.2. The van der Waals surface area contributed by atoms with E-state index in [4.69, 9.17) is 11.6 Å². The Kier molecular flexibility index (Phi) is 5.70. The van der Waals surface area contributed by atoms with Crippen LogP contribution in [0, 0.1) is 0 Å². The molecule has 0 atom stereocenters. The van der Waals surface area contributed by atoms with Gasteiger partial charge in [-0.15, -0.1) is 0 Å². The SMILES string of the molecule is O=C(CN(Cc1ccccc1)c1ccccc1)Nc1ccc(Cl)cc1. The van der Waals surface area contributed by atoms with Gasteiger partial charge in [-0.1, -0.05) is 60.1 Å². The molecule has 1 amide bonds. The smallest absolute Gasteiger partial charge is 0.243 e. The van der Waals surface area contributed by atoms with Crippen molar-refractivity contribution < 1.29 is 4.79 Å². The van der Waals surface area contributed by atoms with Crippen molar-refractivity contribution in [1.82, 2.24) is 0 Å². The molecule has 3 nitrogen and oxygen atoms in total. The molecule has 126 valence electrons. The molecule has 0 saturated heterocycles. The molecular weight excluding hydrogens is 332 g/mol. The summed E-state index contributed by atoms with van der Waals surface area (Å²) in [7, 11) is 0. The highest BCUT2D eigenvalue weighted by Gasteiger charge is 2.12. The van der Waals surface area contributed by atoms with Crippen molar-refractivity contribution >= 4 is 28.9 Å². The Labute approximate surface area is 152 Å². The van der Waals surface area contributed by atoms with Gasteiger partial charge in [-0.3, -0.25) is 4.79 Å². The molecule has 3 rings (SSSR count). The molecule has 0 radical (unpaired) electrons. The van der Waals surface area contributed by atoms with E-state index >= 15 is 0 Å². The highest BCUT2D eigenvalue weighted by Crippen LogP contribution is 2.18. The highest BCUT2D eigenvalue weighted by atomic mass is 35.5. The summed E-state index contributed by atoms with van der Waals surface area (Å²) in [5.41, 5.74) is 2.91. The van der Waals surface area contributed by atoms with Crippen LogP contribution in [0.1, 0.15) is 5.56 Å². The van der Waals surface area contributed by atoms with Crippen LogP contribution in [0.25, 0.3) is 0 Å². The van der Waals surface area contributed by atoms with E-state index in [0.29, 0.717) is 11.6 Å². The zero-order chi connectivity index (χ0) is 17.5. The Morgan fingerprint density at radius 2 is 1.44 bits per heavy atom. The molecule has 0 heterocycles. The first-order valence-corrected chi connectivity index (χ1v) is 8.48. The number of carbonyl (C=O) groups is 1. The van der Waals surface area contributed by atoms with Crippen molar-refractivity contribution in [3.63, 3.8) is 0 Å². The van der Waals surface area contributed by atoms with Gasteiger partial charge in [0, 0.05) is 22.9 Å². The minimum Gasteiger partial charge on any atom is -0.358 e. The first-order valence-electron chi connectivity index (χ1n) is 8.10. The average molecular weight is 351 g/mol. The summed E-state index contributed by atoms with van der Waals surface area (Å²) in [5.74, 6) is -0.0675. The number of anilines is 2. The molecular formula is C21H19ClN2O. The molecule has 3 aromatic rings. The van der Waals surface area contributed by atoms with Crippen molar-refractivity contribution in [2.45, 2.75) is 6.54 Å². The number of amides is 1. The maximum Gasteiger partial charge on any atom is 0.243 e. The Morgan fingerprint density at radius 3 is 2.08 bits per heavy atom. The van der Waals surface area contributed by atoms with Crippen molar-refractivity contribution in [2.75, 3.05) is 16.8 Å². The van der Waals surface area contributed by atoms with Crippen LogP contribution in [0.4, 0.5) is 11.4 Å². The van der Waals surface area contributed by atoms with E-state index in [1.165, 1.54) is 0 Å². The van der Waals surface area contributed by atoms with Crippen LogP contribution >= 0.6 is 11.6 Å². The second-order valence-corrected chi connectivity index (χ2v) is 6.17. The summed E-state index contributed by atoms with van der Waals surface area (Å²) in [6.07, 6.45) is 0. The lowest BCUT2D eigenvalue weighted by atomic mass is 10.2. The second kappa shape index (κ2) is 8.36. The molecule has 0 unspecified atom stereocenters. The average Bonchev–Trinajstić information content (AvgIpc) is 2.65. The fourth-order valence-corrected chi connectivity index (χ4v) is 2.71. The minimum atomic E-state index is -0.0675. The van der Waals surface area contributed by atoms with Gasteiger partial charge >= 0.3 is 0 Å². The van der Waals surface area contributed by atoms with Gasteiger partial charge in [0.2, 0.25) is 5.91 Å². The van der Waals surface area contributed by atoms with Gasteiger partial charge in [-0.2, -0.15) is 0 Å². The molecule has 0 aliphatic rings. The van der Waals surface area contributed by atoms with Crippen LogP contribution in [-0.4, -0.2) is 12.5 Å². The van der Waals surface area contributed by atoms with Gasteiger partial charge in [0.1, 0.15) is 0 Å². The summed E-state index contributed by atoms with van der Waals surface area (Å²) in [5, 5.41) is 3.56. The van der Waals surface area contributed by atoms with Gasteiger partial charge in [-0.05, 0) is 42.0 Å². The number of hydrogen-bond acceptors (Lipinski definition) is 2. The first kappa shape index (κ1) is 17.1. The zero-order valence-electron chi connectivity index (χ0n) is 13.7. The number of hydrogen-bond donors (Lipinski definition) is 1. The molecule has 0 aliphatic heterocycles. The highest BCUT2D eigenvalue weighted by molar-refractivity contribution is 6.30. The molecule has 0 spiro atoms. The molecule has 0 bridgehead atoms. The summed E-state index contributed by atoms with van der Waals surface area (Å²) < 4.78 is 0. The Bertz CT molecular complexity index is 804. The predicted octanol–water partition coefficient (Wildman–Crippen LogP) is 4.99. The Hall–Kier alpha value is -2.78. The number of halogens is 1. The number of nitrogens with zero attached hydrogens (tertiary/aromatic N) is 1. The quantitative estimate of drug-likeness (QED) is 0.679. The second-order valence-electron chi connectivity index (χ2n) is 5.73. The number of rotatable bonds is 6. The fourth-order valence-electron chi connectivity index (χ4n) is 2.59. The normalized spacial score (nSPS) is 10.3. The van der Waals surface area contributed by atoms with E-state index in [0.717, 1.165) is 16.9 Å². The Balaban J connectivity index is 1.72. The van der Waals surface area contributed by atoms with Gasteiger partial charge in [0.25, 0.3) is 0 Å².